The summed E-state index contributed by atoms with van der Waals surface area (Å²) in [6, 6.07) is 19.8. The Morgan fingerprint density at radius 3 is 2.25 bits per heavy atom. The van der Waals surface area contributed by atoms with Gasteiger partial charge in [-0.1, -0.05) is 29.8 Å². The van der Waals surface area contributed by atoms with Crippen LogP contribution in [0.2, 0.25) is 0 Å². The molecule has 0 atom stereocenters. The quantitative estimate of drug-likeness (QED) is 0.668. The minimum atomic E-state index is -0.514. The average molecular weight is 378 g/mol. The maximum absolute atomic E-state index is 13.5. The first-order chi connectivity index (χ1) is 13.5. The van der Waals surface area contributed by atoms with Crippen molar-refractivity contribution in [1.29, 1.82) is 0 Å². The van der Waals surface area contributed by atoms with E-state index in [1.165, 1.54) is 18.2 Å². The number of anilines is 2. The SMILES string of the molecule is Cc1ccc(NC(=O)c2ccc(OCC(=O)Nc3ccccc3F)cc2)cc1. The standard InChI is InChI=1S/C22H19FN2O3/c1-15-6-10-17(11-7-15)24-22(27)16-8-12-18(13-9-16)28-14-21(26)25-20-5-3-2-4-19(20)23/h2-13H,14H2,1H3,(H,24,27)(H,25,26). The number of hydrogen-bond acceptors (Lipinski definition) is 3. The number of rotatable bonds is 6. The number of carbonyl (C=O) groups is 2. The lowest BCUT2D eigenvalue weighted by atomic mass is 10.2. The zero-order valence-corrected chi connectivity index (χ0v) is 15.2. The van der Waals surface area contributed by atoms with Crippen LogP contribution in [0.15, 0.2) is 72.8 Å². The van der Waals surface area contributed by atoms with Gasteiger partial charge in [0.25, 0.3) is 11.8 Å². The fourth-order valence-corrected chi connectivity index (χ4v) is 2.44. The van der Waals surface area contributed by atoms with Crippen molar-refractivity contribution < 1.29 is 18.7 Å². The number of halogens is 1. The van der Waals surface area contributed by atoms with Crippen LogP contribution in [0.1, 0.15) is 15.9 Å². The van der Waals surface area contributed by atoms with Gasteiger partial charge in [0.2, 0.25) is 0 Å². The highest BCUT2D eigenvalue weighted by molar-refractivity contribution is 6.04. The Labute approximate surface area is 162 Å². The van der Waals surface area contributed by atoms with Gasteiger partial charge >= 0.3 is 0 Å². The summed E-state index contributed by atoms with van der Waals surface area (Å²) in [5, 5.41) is 5.25. The highest BCUT2D eigenvalue weighted by Crippen LogP contribution is 2.16. The second-order valence-electron chi connectivity index (χ2n) is 6.16. The molecule has 3 rings (SSSR count). The molecule has 28 heavy (non-hydrogen) atoms. The van der Waals surface area contributed by atoms with Crippen LogP contribution in [0.3, 0.4) is 0 Å². The van der Waals surface area contributed by atoms with E-state index >= 15 is 0 Å². The van der Waals surface area contributed by atoms with Crippen LogP contribution in [-0.4, -0.2) is 18.4 Å². The van der Waals surface area contributed by atoms with E-state index in [9.17, 15) is 14.0 Å². The third-order valence-corrected chi connectivity index (χ3v) is 3.94. The Morgan fingerprint density at radius 2 is 1.57 bits per heavy atom. The zero-order valence-electron chi connectivity index (χ0n) is 15.2. The maximum Gasteiger partial charge on any atom is 0.262 e. The smallest absolute Gasteiger partial charge is 0.262 e. The number of nitrogens with one attached hydrogen (secondary N) is 2. The van der Waals surface area contributed by atoms with Gasteiger partial charge in [0.1, 0.15) is 11.6 Å². The van der Waals surface area contributed by atoms with Crippen LogP contribution < -0.4 is 15.4 Å². The monoisotopic (exact) mass is 378 g/mol. The van der Waals surface area contributed by atoms with E-state index in [2.05, 4.69) is 10.6 Å². The molecular formula is C22H19FN2O3. The first-order valence-electron chi connectivity index (χ1n) is 8.66. The Morgan fingerprint density at radius 1 is 0.893 bits per heavy atom. The number of benzene rings is 3. The van der Waals surface area contributed by atoms with E-state index in [-0.39, 0.29) is 18.2 Å². The van der Waals surface area contributed by atoms with Gasteiger partial charge in [-0.2, -0.15) is 0 Å². The molecule has 2 N–H and O–H groups in total. The third-order valence-electron chi connectivity index (χ3n) is 3.94. The molecule has 142 valence electrons. The van der Waals surface area contributed by atoms with Crippen molar-refractivity contribution >= 4 is 23.2 Å². The largest absolute Gasteiger partial charge is 0.484 e. The molecule has 0 saturated heterocycles. The molecule has 3 aromatic rings. The Kier molecular flexibility index (Phi) is 6.01. The highest BCUT2D eigenvalue weighted by Gasteiger charge is 2.09. The molecule has 0 aliphatic rings. The van der Waals surface area contributed by atoms with Gasteiger partial charge in [0.15, 0.2) is 6.61 Å². The van der Waals surface area contributed by atoms with Crippen molar-refractivity contribution in [2.45, 2.75) is 6.92 Å². The molecule has 0 fully saturated rings. The van der Waals surface area contributed by atoms with Gasteiger partial charge in [-0.3, -0.25) is 9.59 Å². The summed E-state index contributed by atoms with van der Waals surface area (Å²) in [6.45, 7) is 1.70. The molecule has 0 aliphatic carbocycles. The number of para-hydroxylation sites is 1. The van der Waals surface area contributed by atoms with Gasteiger partial charge in [0.05, 0.1) is 5.69 Å². The molecule has 0 aliphatic heterocycles. The molecule has 0 spiro atoms. The predicted molar refractivity (Wildman–Crippen MR) is 106 cm³/mol. The van der Waals surface area contributed by atoms with Crippen LogP contribution in [-0.2, 0) is 4.79 Å². The molecule has 0 bridgehead atoms. The van der Waals surface area contributed by atoms with Gasteiger partial charge in [-0.25, -0.2) is 4.39 Å². The van der Waals surface area contributed by atoms with Crippen LogP contribution in [0.5, 0.6) is 5.75 Å². The summed E-state index contributed by atoms with van der Waals surface area (Å²) < 4.78 is 18.9. The molecule has 5 nitrogen and oxygen atoms in total. The van der Waals surface area contributed by atoms with Gasteiger partial charge < -0.3 is 15.4 Å². The van der Waals surface area contributed by atoms with Crippen molar-refractivity contribution in [3.63, 3.8) is 0 Å². The summed E-state index contributed by atoms with van der Waals surface area (Å²) in [5.74, 6) is -0.811. The van der Waals surface area contributed by atoms with E-state index < -0.39 is 11.7 Å². The third kappa shape index (κ3) is 5.17. The fourth-order valence-electron chi connectivity index (χ4n) is 2.44. The van der Waals surface area contributed by atoms with Crippen LogP contribution in [0.4, 0.5) is 15.8 Å². The molecular weight excluding hydrogens is 359 g/mol. The molecule has 2 amide bonds. The number of ether oxygens (including phenoxy) is 1. The normalized spacial score (nSPS) is 10.2. The van der Waals surface area contributed by atoms with E-state index in [0.717, 1.165) is 5.56 Å². The van der Waals surface area contributed by atoms with E-state index in [1.54, 1.807) is 30.3 Å². The summed E-state index contributed by atoms with van der Waals surface area (Å²) in [4.78, 5) is 24.1. The van der Waals surface area contributed by atoms with Crippen molar-refractivity contribution in [2.75, 3.05) is 17.2 Å². The molecule has 0 heterocycles. The van der Waals surface area contributed by atoms with Crippen molar-refractivity contribution in [3.8, 4) is 5.75 Å². The average Bonchev–Trinajstić information content (AvgIpc) is 2.70. The van der Waals surface area contributed by atoms with E-state index in [0.29, 0.717) is 17.0 Å². The van der Waals surface area contributed by atoms with Gasteiger partial charge in [-0.05, 0) is 55.5 Å². The summed E-state index contributed by atoms with van der Waals surface area (Å²) in [7, 11) is 0. The Balaban J connectivity index is 1.52. The number of carbonyl (C=O) groups excluding carboxylic acids is 2. The first kappa shape index (κ1) is 19.1. The maximum atomic E-state index is 13.5. The summed E-state index contributed by atoms with van der Waals surface area (Å²) in [6.07, 6.45) is 0. The van der Waals surface area contributed by atoms with Crippen LogP contribution in [0.25, 0.3) is 0 Å². The Hall–Kier alpha value is -3.67. The van der Waals surface area contributed by atoms with Crippen LogP contribution in [0, 0.1) is 12.7 Å². The minimum absolute atomic E-state index is 0.0965. The molecule has 0 unspecified atom stereocenters. The van der Waals surface area contributed by atoms with Gasteiger partial charge in [-0.15, -0.1) is 0 Å². The van der Waals surface area contributed by atoms with Gasteiger partial charge in [0, 0.05) is 11.3 Å². The van der Waals surface area contributed by atoms with Crippen molar-refractivity contribution in [2.24, 2.45) is 0 Å². The fraction of sp³-hybridized carbons (Fsp3) is 0.0909. The molecule has 6 heteroatoms. The number of hydrogen-bond donors (Lipinski definition) is 2. The first-order valence-corrected chi connectivity index (χ1v) is 8.66. The van der Waals surface area contributed by atoms with E-state index in [1.807, 2.05) is 31.2 Å². The minimum Gasteiger partial charge on any atom is -0.484 e. The molecule has 0 saturated carbocycles. The highest BCUT2D eigenvalue weighted by atomic mass is 19.1. The van der Waals surface area contributed by atoms with E-state index in [4.69, 9.17) is 4.74 Å². The second-order valence-corrected chi connectivity index (χ2v) is 6.16. The van der Waals surface area contributed by atoms with Crippen LogP contribution >= 0.6 is 0 Å². The lowest BCUT2D eigenvalue weighted by Crippen LogP contribution is -2.20. The summed E-state index contributed by atoms with van der Waals surface area (Å²) in [5.41, 5.74) is 2.38. The second kappa shape index (κ2) is 8.81. The lowest BCUT2D eigenvalue weighted by molar-refractivity contribution is -0.118. The molecule has 0 aromatic heterocycles. The van der Waals surface area contributed by atoms with Crippen molar-refractivity contribution in [1.82, 2.24) is 0 Å². The Bertz CT molecular complexity index is 970. The van der Waals surface area contributed by atoms with Crippen molar-refractivity contribution in [3.05, 3.63) is 89.7 Å². The molecule has 3 aromatic carbocycles. The number of aryl methyl sites for hydroxylation is 1. The topological polar surface area (TPSA) is 67.4 Å². The number of amides is 2. The lowest BCUT2D eigenvalue weighted by Gasteiger charge is -2.09. The molecule has 0 radical (unpaired) electrons. The predicted octanol–water partition coefficient (Wildman–Crippen LogP) is 4.40. The summed E-state index contributed by atoms with van der Waals surface area (Å²) >= 11 is 0. The zero-order chi connectivity index (χ0) is 19.9.